The van der Waals surface area contributed by atoms with Crippen molar-refractivity contribution in [1.82, 2.24) is 0 Å². The molecule has 3 nitrogen and oxygen atoms in total. The lowest BCUT2D eigenvalue weighted by atomic mass is 10.1. The van der Waals surface area contributed by atoms with Crippen LogP contribution in [-0.2, 0) is 4.74 Å². The molecule has 1 aromatic rings. The molecule has 1 rings (SSSR count). The molecule has 1 aromatic carbocycles. The van der Waals surface area contributed by atoms with E-state index in [1.807, 2.05) is 45.9 Å². The molecular formula is C15H24O3. The van der Waals surface area contributed by atoms with Crippen molar-refractivity contribution >= 4 is 0 Å². The number of benzene rings is 1. The maximum absolute atomic E-state index is 9.70. The number of hydrogen-bond acceptors (Lipinski definition) is 3. The minimum Gasteiger partial charge on any atom is -0.491 e. The van der Waals surface area contributed by atoms with Gasteiger partial charge in [0.25, 0.3) is 0 Å². The third-order valence-corrected chi connectivity index (χ3v) is 2.49. The van der Waals surface area contributed by atoms with Crippen LogP contribution in [0.2, 0.25) is 0 Å². The van der Waals surface area contributed by atoms with E-state index in [1.54, 1.807) is 6.92 Å². The summed E-state index contributed by atoms with van der Waals surface area (Å²) in [4.78, 5) is 0. The highest BCUT2D eigenvalue weighted by molar-refractivity contribution is 5.38. The first-order chi connectivity index (χ1) is 8.29. The fourth-order valence-corrected chi connectivity index (χ4v) is 1.63. The van der Waals surface area contributed by atoms with Crippen LogP contribution in [0.4, 0.5) is 0 Å². The van der Waals surface area contributed by atoms with Crippen LogP contribution in [0.5, 0.6) is 5.75 Å². The van der Waals surface area contributed by atoms with E-state index in [0.717, 1.165) is 16.9 Å². The van der Waals surface area contributed by atoms with Gasteiger partial charge in [-0.25, -0.2) is 0 Å². The van der Waals surface area contributed by atoms with Gasteiger partial charge in [-0.1, -0.05) is 11.6 Å². The van der Waals surface area contributed by atoms with Crippen molar-refractivity contribution < 1.29 is 14.6 Å². The van der Waals surface area contributed by atoms with Crippen molar-refractivity contribution in [1.29, 1.82) is 0 Å². The van der Waals surface area contributed by atoms with Crippen LogP contribution in [0.15, 0.2) is 18.2 Å². The molecule has 0 aliphatic carbocycles. The first-order valence-electron chi connectivity index (χ1n) is 6.35. The fraction of sp³-hybridized carbons (Fsp3) is 0.600. The van der Waals surface area contributed by atoms with Gasteiger partial charge < -0.3 is 14.6 Å². The third-order valence-electron chi connectivity index (χ3n) is 2.49. The Morgan fingerprint density at radius 3 is 2.44 bits per heavy atom. The molecule has 0 heterocycles. The van der Waals surface area contributed by atoms with Gasteiger partial charge in [0.05, 0.1) is 18.3 Å². The van der Waals surface area contributed by atoms with E-state index in [-0.39, 0.29) is 5.60 Å². The SMILES string of the molecule is Cc1ccc(OCCOC(C)(C)C)c(C(C)O)c1. The maximum atomic E-state index is 9.70. The number of aliphatic hydroxyl groups excluding tert-OH is 1. The number of rotatable bonds is 5. The van der Waals surface area contributed by atoms with Gasteiger partial charge in [0.1, 0.15) is 12.4 Å². The van der Waals surface area contributed by atoms with E-state index in [4.69, 9.17) is 9.47 Å². The van der Waals surface area contributed by atoms with Gasteiger partial charge in [-0.05, 0) is 46.8 Å². The minimum atomic E-state index is -0.525. The second-order valence-corrected chi connectivity index (χ2v) is 5.53. The molecule has 1 N–H and O–H groups in total. The van der Waals surface area contributed by atoms with Crippen LogP contribution in [0.1, 0.15) is 44.9 Å². The topological polar surface area (TPSA) is 38.7 Å². The first kappa shape index (κ1) is 15.0. The van der Waals surface area contributed by atoms with Gasteiger partial charge in [0.15, 0.2) is 0 Å². The van der Waals surface area contributed by atoms with Crippen molar-refractivity contribution in [3.8, 4) is 5.75 Å². The van der Waals surface area contributed by atoms with E-state index in [9.17, 15) is 5.11 Å². The van der Waals surface area contributed by atoms with Gasteiger partial charge in [0.2, 0.25) is 0 Å². The molecule has 0 amide bonds. The minimum absolute atomic E-state index is 0.149. The molecule has 0 spiro atoms. The van der Waals surface area contributed by atoms with Crippen LogP contribution < -0.4 is 4.74 Å². The van der Waals surface area contributed by atoms with Crippen LogP contribution in [0.25, 0.3) is 0 Å². The molecule has 1 atom stereocenters. The van der Waals surface area contributed by atoms with Gasteiger partial charge in [-0.2, -0.15) is 0 Å². The zero-order valence-electron chi connectivity index (χ0n) is 12.0. The number of hydrogen-bond donors (Lipinski definition) is 1. The van der Waals surface area contributed by atoms with E-state index in [1.165, 1.54) is 0 Å². The lowest BCUT2D eigenvalue weighted by molar-refractivity contribution is -0.0166. The highest BCUT2D eigenvalue weighted by Crippen LogP contribution is 2.26. The molecule has 0 saturated heterocycles. The molecule has 0 aliphatic heterocycles. The summed E-state index contributed by atoms with van der Waals surface area (Å²) in [5.41, 5.74) is 1.79. The standard InChI is InChI=1S/C15H24O3/c1-11-6-7-14(13(10-11)12(2)16)17-8-9-18-15(3,4)5/h6-7,10,12,16H,8-9H2,1-5H3. The summed E-state index contributed by atoms with van der Waals surface area (Å²) >= 11 is 0. The van der Waals surface area contributed by atoms with Gasteiger partial charge in [-0.15, -0.1) is 0 Å². The Morgan fingerprint density at radius 2 is 1.89 bits per heavy atom. The maximum Gasteiger partial charge on any atom is 0.125 e. The van der Waals surface area contributed by atoms with Crippen LogP contribution in [0, 0.1) is 6.92 Å². The van der Waals surface area contributed by atoms with Gasteiger partial charge >= 0.3 is 0 Å². The highest BCUT2D eigenvalue weighted by Gasteiger charge is 2.11. The second kappa shape index (κ2) is 6.21. The molecule has 1 unspecified atom stereocenters. The lowest BCUT2D eigenvalue weighted by Gasteiger charge is -2.20. The van der Waals surface area contributed by atoms with Crippen LogP contribution in [0.3, 0.4) is 0 Å². The number of ether oxygens (including phenoxy) is 2. The molecule has 0 aromatic heterocycles. The predicted molar refractivity (Wildman–Crippen MR) is 73.0 cm³/mol. The third kappa shape index (κ3) is 5.07. The fourth-order valence-electron chi connectivity index (χ4n) is 1.63. The summed E-state index contributed by atoms with van der Waals surface area (Å²) in [6.45, 7) is 10.8. The lowest BCUT2D eigenvalue weighted by Crippen LogP contribution is -2.22. The molecule has 0 fully saturated rings. The molecule has 102 valence electrons. The highest BCUT2D eigenvalue weighted by atomic mass is 16.5. The van der Waals surface area contributed by atoms with Crippen molar-refractivity contribution in [2.45, 2.75) is 46.3 Å². The Hall–Kier alpha value is -1.06. The normalized spacial score (nSPS) is 13.4. The smallest absolute Gasteiger partial charge is 0.125 e. The van der Waals surface area contributed by atoms with Gasteiger partial charge in [0, 0.05) is 5.56 Å². The summed E-state index contributed by atoms with van der Waals surface area (Å²) in [5, 5.41) is 9.70. The molecule has 3 heteroatoms. The summed E-state index contributed by atoms with van der Waals surface area (Å²) < 4.78 is 11.3. The number of aryl methyl sites for hydroxylation is 1. The summed E-state index contributed by atoms with van der Waals surface area (Å²) in [6, 6.07) is 5.82. The molecule has 18 heavy (non-hydrogen) atoms. The zero-order valence-corrected chi connectivity index (χ0v) is 12.0. The predicted octanol–water partition coefficient (Wildman–Crippen LogP) is 3.24. The van der Waals surface area contributed by atoms with E-state index >= 15 is 0 Å². The van der Waals surface area contributed by atoms with Crippen molar-refractivity contribution in [2.24, 2.45) is 0 Å². The summed E-state index contributed by atoms with van der Waals surface area (Å²) in [7, 11) is 0. The molecular weight excluding hydrogens is 228 g/mol. The second-order valence-electron chi connectivity index (χ2n) is 5.53. The molecule has 0 aliphatic rings. The van der Waals surface area contributed by atoms with E-state index in [2.05, 4.69) is 0 Å². The van der Waals surface area contributed by atoms with Gasteiger partial charge in [-0.3, -0.25) is 0 Å². The average molecular weight is 252 g/mol. The Bertz CT molecular complexity index is 378. The van der Waals surface area contributed by atoms with Crippen molar-refractivity contribution in [3.05, 3.63) is 29.3 Å². The average Bonchev–Trinajstić information content (AvgIpc) is 2.24. The number of aliphatic hydroxyl groups is 1. The first-order valence-corrected chi connectivity index (χ1v) is 6.35. The van der Waals surface area contributed by atoms with Crippen LogP contribution in [-0.4, -0.2) is 23.9 Å². The zero-order chi connectivity index (χ0) is 13.8. The van der Waals surface area contributed by atoms with E-state index in [0.29, 0.717) is 13.2 Å². The Morgan fingerprint density at radius 1 is 1.22 bits per heavy atom. The van der Waals surface area contributed by atoms with Crippen LogP contribution >= 0.6 is 0 Å². The summed E-state index contributed by atoms with van der Waals surface area (Å²) in [6.07, 6.45) is -0.525. The largest absolute Gasteiger partial charge is 0.491 e. The van der Waals surface area contributed by atoms with E-state index < -0.39 is 6.10 Å². The Balaban J connectivity index is 2.57. The quantitative estimate of drug-likeness (QED) is 0.818. The monoisotopic (exact) mass is 252 g/mol. The molecule has 0 bridgehead atoms. The van der Waals surface area contributed by atoms with Crippen molar-refractivity contribution in [2.75, 3.05) is 13.2 Å². The summed E-state index contributed by atoms with van der Waals surface area (Å²) in [5.74, 6) is 0.730. The van der Waals surface area contributed by atoms with Crippen molar-refractivity contribution in [3.63, 3.8) is 0 Å². The Kier molecular flexibility index (Phi) is 5.17. The molecule has 0 radical (unpaired) electrons. The molecule has 0 saturated carbocycles. The Labute approximate surface area is 110 Å².